The highest BCUT2D eigenvalue weighted by atomic mass is 32.2. The van der Waals surface area contributed by atoms with Crippen LogP contribution in [0.2, 0.25) is 0 Å². The predicted octanol–water partition coefficient (Wildman–Crippen LogP) is 3.06. The molecule has 2 aromatic carbocycles. The first kappa shape index (κ1) is 22.9. The van der Waals surface area contributed by atoms with Crippen molar-refractivity contribution in [2.24, 2.45) is 0 Å². The summed E-state index contributed by atoms with van der Waals surface area (Å²) in [5.41, 5.74) is 3.49. The van der Waals surface area contributed by atoms with E-state index in [2.05, 4.69) is 10.3 Å². The summed E-state index contributed by atoms with van der Waals surface area (Å²) in [6, 6.07) is 13.1. The van der Waals surface area contributed by atoms with Crippen molar-refractivity contribution >= 4 is 54.9 Å². The molecule has 2 aromatic heterocycles. The number of aryl methyl sites for hydroxylation is 1. The molecule has 2 amide bonds. The first-order chi connectivity index (χ1) is 16.8. The number of H-pyrrole nitrogens is 1. The summed E-state index contributed by atoms with van der Waals surface area (Å²) in [5.74, 6) is -0.325. The number of carbonyl (C=O) groups excluding carboxylic acids is 2. The molecule has 0 radical (unpaired) electrons. The van der Waals surface area contributed by atoms with Crippen LogP contribution < -0.4 is 10.1 Å². The van der Waals surface area contributed by atoms with E-state index in [0.717, 1.165) is 28.1 Å². The number of nitrogens with one attached hydrogen (secondary N) is 2. The zero-order chi connectivity index (χ0) is 24.7. The number of nitrogens with zero attached hydrogens (tertiary/aromatic N) is 1. The SMILES string of the molecule is COc1ccc2c(c1)c(C1=C(c3c[nH]c4ccccc34)C(=O)NC1=O)cn2CCCOS(C)(=O)=O. The summed E-state index contributed by atoms with van der Waals surface area (Å²) in [5, 5.41) is 4.03. The van der Waals surface area contributed by atoms with E-state index in [-0.39, 0.29) is 12.2 Å². The lowest BCUT2D eigenvalue weighted by Crippen LogP contribution is -2.22. The van der Waals surface area contributed by atoms with E-state index in [0.29, 0.717) is 35.4 Å². The summed E-state index contributed by atoms with van der Waals surface area (Å²) in [6.45, 7) is 0.482. The van der Waals surface area contributed by atoms with Crippen LogP contribution in [-0.2, 0) is 30.4 Å². The molecule has 0 saturated carbocycles. The lowest BCUT2D eigenvalue weighted by Gasteiger charge is -2.06. The number of ether oxygens (including phenoxy) is 1. The Labute approximate surface area is 201 Å². The Bertz CT molecular complexity index is 1630. The van der Waals surface area contributed by atoms with E-state index in [1.807, 2.05) is 53.2 Å². The van der Waals surface area contributed by atoms with Crippen LogP contribution in [0.25, 0.3) is 33.0 Å². The number of para-hydroxylation sites is 1. The maximum atomic E-state index is 13.1. The third-order valence-corrected chi connectivity index (χ3v) is 6.58. The third-order valence-electron chi connectivity index (χ3n) is 5.99. The fraction of sp³-hybridized carbons (Fsp3) is 0.200. The van der Waals surface area contributed by atoms with E-state index in [1.165, 1.54) is 0 Å². The maximum absolute atomic E-state index is 13.1. The number of aromatic amines is 1. The highest BCUT2D eigenvalue weighted by Gasteiger charge is 2.35. The van der Waals surface area contributed by atoms with Crippen LogP contribution in [-0.4, -0.2) is 49.8 Å². The Balaban J connectivity index is 1.66. The van der Waals surface area contributed by atoms with Gasteiger partial charge in [0.2, 0.25) is 0 Å². The van der Waals surface area contributed by atoms with Crippen LogP contribution in [0.3, 0.4) is 0 Å². The Kier molecular flexibility index (Phi) is 5.70. The monoisotopic (exact) mass is 493 g/mol. The second-order valence-electron chi connectivity index (χ2n) is 8.28. The van der Waals surface area contributed by atoms with Gasteiger partial charge in [-0.05, 0) is 30.7 Å². The van der Waals surface area contributed by atoms with Crippen LogP contribution in [0.1, 0.15) is 17.5 Å². The minimum atomic E-state index is -3.53. The van der Waals surface area contributed by atoms with Gasteiger partial charge < -0.3 is 14.3 Å². The van der Waals surface area contributed by atoms with Gasteiger partial charge in [0.25, 0.3) is 21.9 Å². The number of hydrogen-bond acceptors (Lipinski definition) is 6. The second kappa shape index (κ2) is 8.71. The molecule has 4 aromatic rings. The summed E-state index contributed by atoms with van der Waals surface area (Å²) >= 11 is 0. The molecular weight excluding hydrogens is 470 g/mol. The van der Waals surface area contributed by atoms with Crippen molar-refractivity contribution in [1.82, 2.24) is 14.9 Å². The van der Waals surface area contributed by atoms with Gasteiger partial charge in [0.15, 0.2) is 0 Å². The van der Waals surface area contributed by atoms with E-state index in [4.69, 9.17) is 8.92 Å². The normalized spacial score (nSPS) is 14.3. The van der Waals surface area contributed by atoms with Crippen molar-refractivity contribution in [3.63, 3.8) is 0 Å². The van der Waals surface area contributed by atoms with Gasteiger partial charge in [-0.3, -0.25) is 19.1 Å². The summed E-state index contributed by atoms with van der Waals surface area (Å²) < 4.78 is 34.8. The molecular formula is C25H23N3O6S. The van der Waals surface area contributed by atoms with Crippen molar-refractivity contribution in [2.45, 2.75) is 13.0 Å². The van der Waals surface area contributed by atoms with E-state index in [9.17, 15) is 18.0 Å². The Morgan fingerprint density at radius 2 is 1.71 bits per heavy atom. The average molecular weight is 494 g/mol. The standard InChI is InChI=1S/C25H23N3O6S/c1-33-15-8-9-21-17(12-15)19(14-28(21)10-5-11-34-35(2,31)32)23-22(24(29)27-25(23)30)18-13-26-20-7-4-3-6-16(18)20/h3-4,6-9,12-14,26H,5,10-11H2,1-2H3,(H,27,29,30). The number of benzene rings is 2. The fourth-order valence-electron chi connectivity index (χ4n) is 4.48. The Morgan fingerprint density at radius 3 is 2.46 bits per heavy atom. The number of amides is 2. The summed E-state index contributed by atoms with van der Waals surface area (Å²) in [4.78, 5) is 29.2. The van der Waals surface area contributed by atoms with Gasteiger partial charge >= 0.3 is 0 Å². The van der Waals surface area contributed by atoms with Gasteiger partial charge in [0.1, 0.15) is 5.75 Å². The van der Waals surface area contributed by atoms with Crippen molar-refractivity contribution in [3.8, 4) is 5.75 Å². The lowest BCUT2D eigenvalue weighted by molar-refractivity contribution is -0.122. The van der Waals surface area contributed by atoms with Crippen LogP contribution in [0.15, 0.2) is 54.9 Å². The van der Waals surface area contributed by atoms with Crippen LogP contribution in [0, 0.1) is 0 Å². The number of methoxy groups -OCH3 is 1. The third kappa shape index (κ3) is 4.22. The molecule has 0 fully saturated rings. The largest absolute Gasteiger partial charge is 0.497 e. The summed E-state index contributed by atoms with van der Waals surface area (Å²) in [7, 11) is -1.97. The highest BCUT2D eigenvalue weighted by Crippen LogP contribution is 2.39. The van der Waals surface area contributed by atoms with Crippen molar-refractivity contribution in [2.75, 3.05) is 20.0 Å². The topological polar surface area (TPSA) is 119 Å². The molecule has 9 nitrogen and oxygen atoms in total. The Morgan fingerprint density at radius 1 is 0.971 bits per heavy atom. The molecule has 180 valence electrons. The van der Waals surface area contributed by atoms with Crippen molar-refractivity contribution in [3.05, 3.63) is 66.0 Å². The van der Waals surface area contributed by atoms with Gasteiger partial charge in [0.05, 0.1) is 31.1 Å². The molecule has 0 spiro atoms. The van der Waals surface area contributed by atoms with Crippen LogP contribution >= 0.6 is 0 Å². The average Bonchev–Trinajstić information content (AvgIpc) is 3.48. The van der Waals surface area contributed by atoms with Gasteiger partial charge in [-0.15, -0.1) is 0 Å². The molecule has 1 aliphatic rings. The summed E-state index contributed by atoms with van der Waals surface area (Å²) in [6.07, 6.45) is 4.99. The Hall–Kier alpha value is -3.89. The predicted molar refractivity (Wildman–Crippen MR) is 132 cm³/mol. The second-order valence-corrected chi connectivity index (χ2v) is 9.92. The number of carbonyl (C=O) groups is 2. The quantitative estimate of drug-likeness (QED) is 0.221. The molecule has 0 aliphatic carbocycles. The molecule has 0 unspecified atom stereocenters. The van der Waals surface area contributed by atoms with Gasteiger partial charge in [-0.1, -0.05) is 18.2 Å². The molecule has 35 heavy (non-hydrogen) atoms. The number of imide groups is 1. The van der Waals surface area contributed by atoms with Gasteiger partial charge in [-0.25, -0.2) is 0 Å². The van der Waals surface area contributed by atoms with E-state index >= 15 is 0 Å². The molecule has 0 atom stereocenters. The fourth-order valence-corrected chi connectivity index (χ4v) is 4.90. The van der Waals surface area contributed by atoms with Gasteiger partial charge in [-0.2, -0.15) is 8.42 Å². The maximum Gasteiger partial charge on any atom is 0.264 e. The molecule has 10 heteroatoms. The van der Waals surface area contributed by atoms with Crippen molar-refractivity contribution < 1.29 is 26.9 Å². The first-order valence-electron chi connectivity index (χ1n) is 10.9. The number of aromatic nitrogens is 2. The molecule has 3 heterocycles. The number of rotatable bonds is 8. The highest BCUT2D eigenvalue weighted by molar-refractivity contribution is 7.85. The number of fused-ring (bicyclic) bond motifs is 2. The first-order valence-corrected chi connectivity index (χ1v) is 12.8. The van der Waals surface area contributed by atoms with Gasteiger partial charge in [0, 0.05) is 51.9 Å². The van der Waals surface area contributed by atoms with Crippen molar-refractivity contribution in [1.29, 1.82) is 0 Å². The lowest BCUT2D eigenvalue weighted by atomic mass is 9.95. The van der Waals surface area contributed by atoms with Crippen LogP contribution in [0.5, 0.6) is 5.75 Å². The molecule has 1 aliphatic heterocycles. The minimum Gasteiger partial charge on any atom is -0.497 e. The number of hydrogen-bond donors (Lipinski definition) is 2. The molecule has 0 saturated heterocycles. The smallest absolute Gasteiger partial charge is 0.264 e. The van der Waals surface area contributed by atoms with Crippen LogP contribution in [0.4, 0.5) is 0 Å². The molecule has 2 N–H and O–H groups in total. The van der Waals surface area contributed by atoms with E-state index < -0.39 is 21.9 Å². The van der Waals surface area contributed by atoms with E-state index in [1.54, 1.807) is 13.3 Å². The minimum absolute atomic E-state index is 0.0340. The zero-order valence-corrected chi connectivity index (χ0v) is 19.9. The zero-order valence-electron chi connectivity index (χ0n) is 19.1. The molecule has 0 bridgehead atoms. The molecule has 5 rings (SSSR count).